The third-order valence-corrected chi connectivity index (χ3v) is 4.42. The Morgan fingerprint density at radius 2 is 1.79 bits per heavy atom. The van der Waals surface area contributed by atoms with Crippen molar-refractivity contribution < 1.29 is 19.0 Å². The summed E-state index contributed by atoms with van der Waals surface area (Å²) in [6, 6.07) is 8.54. The Kier molecular flexibility index (Phi) is 4.69. The number of halogens is 2. The first-order chi connectivity index (χ1) is 11.6. The Labute approximate surface area is 149 Å². The van der Waals surface area contributed by atoms with Crippen LogP contribution in [0.3, 0.4) is 0 Å². The molecule has 3 rings (SSSR count). The molecule has 0 saturated heterocycles. The molecule has 6 heteroatoms. The number of rotatable bonds is 3. The van der Waals surface area contributed by atoms with Crippen molar-refractivity contribution in [1.29, 1.82) is 0 Å². The van der Waals surface area contributed by atoms with Crippen molar-refractivity contribution >= 4 is 35.1 Å². The molecule has 124 valence electrons. The van der Waals surface area contributed by atoms with Crippen LogP contribution in [0.25, 0.3) is 6.08 Å². The smallest absolute Gasteiger partial charge is 0.228 e. The third-order valence-electron chi connectivity index (χ3n) is 3.76. The van der Waals surface area contributed by atoms with Crippen LogP contribution >= 0.6 is 23.2 Å². The molecule has 0 fully saturated rings. The molecular formula is C18H14Cl2O4. The summed E-state index contributed by atoms with van der Waals surface area (Å²) in [5.74, 6) is 0.977. The molecule has 2 aromatic carbocycles. The van der Waals surface area contributed by atoms with Gasteiger partial charge in [0, 0.05) is 26.7 Å². The monoisotopic (exact) mass is 364 g/mol. The van der Waals surface area contributed by atoms with E-state index in [0.29, 0.717) is 38.2 Å². The zero-order valence-electron chi connectivity index (χ0n) is 13.1. The zero-order valence-corrected chi connectivity index (χ0v) is 14.6. The molecule has 0 N–H and O–H groups in total. The largest absolute Gasteiger partial charge is 0.493 e. The van der Waals surface area contributed by atoms with Gasteiger partial charge in [-0.1, -0.05) is 29.3 Å². The lowest BCUT2D eigenvalue weighted by Gasteiger charge is -2.22. The van der Waals surface area contributed by atoms with Crippen molar-refractivity contribution in [3.63, 3.8) is 0 Å². The van der Waals surface area contributed by atoms with Crippen LogP contribution in [0.5, 0.6) is 11.5 Å². The van der Waals surface area contributed by atoms with Gasteiger partial charge in [-0.15, -0.1) is 0 Å². The average molecular weight is 365 g/mol. The van der Waals surface area contributed by atoms with E-state index in [2.05, 4.69) is 0 Å². The molecule has 0 saturated carbocycles. The topological polar surface area (TPSA) is 44.8 Å². The molecule has 2 aromatic rings. The first-order valence-corrected chi connectivity index (χ1v) is 7.89. The van der Waals surface area contributed by atoms with Gasteiger partial charge in [0.15, 0.2) is 17.3 Å². The van der Waals surface area contributed by atoms with Crippen molar-refractivity contribution in [3.8, 4) is 11.5 Å². The molecule has 0 amide bonds. The van der Waals surface area contributed by atoms with Crippen molar-refractivity contribution in [2.45, 2.75) is 6.61 Å². The van der Waals surface area contributed by atoms with Crippen LogP contribution in [0.4, 0.5) is 0 Å². The summed E-state index contributed by atoms with van der Waals surface area (Å²) in [7, 11) is 3.07. The molecule has 24 heavy (non-hydrogen) atoms. The number of ketones is 1. The fourth-order valence-electron chi connectivity index (χ4n) is 2.58. The molecule has 1 heterocycles. The molecule has 0 bridgehead atoms. The predicted molar refractivity (Wildman–Crippen MR) is 93.1 cm³/mol. The molecule has 1 aliphatic heterocycles. The molecule has 0 spiro atoms. The molecule has 1 aliphatic rings. The van der Waals surface area contributed by atoms with E-state index in [0.717, 1.165) is 0 Å². The van der Waals surface area contributed by atoms with E-state index in [1.807, 2.05) is 0 Å². The summed E-state index contributed by atoms with van der Waals surface area (Å²) < 4.78 is 16.2. The normalized spacial score (nSPS) is 15.0. The first kappa shape index (κ1) is 16.7. The lowest BCUT2D eigenvalue weighted by atomic mass is 9.98. The molecule has 0 aliphatic carbocycles. The van der Waals surface area contributed by atoms with Gasteiger partial charge in [0.05, 0.1) is 14.2 Å². The van der Waals surface area contributed by atoms with Crippen molar-refractivity contribution in [3.05, 3.63) is 62.8 Å². The van der Waals surface area contributed by atoms with Crippen LogP contribution in [0.1, 0.15) is 21.5 Å². The van der Waals surface area contributed by atoms with E-state index >= 15 is 0 Å². The van der Waals surface area contributed by atoms with Gasteiger partial charge in [0.25, 0.3) is 0 Å². The van der Waals surface area contributed by atoms with Crippen LogP contribution in [0.15, 0.2) is 36.1 Å². The Hall–Kier alpha value is -2.17. The fourth-order valence-corrected chi connectivity index (χ4v) is 3.09. The molecular weight excluding hydrogens is 351 g/mol. The Bertz CT molecular complexity index is 823. The lowest BCUT2D eigenvalue weighted by Crippen LogP contribution is -2.17. The summed E-state index contributed by atoms with van der Waals surface area (Å²) in [4.78, 5) is 12.7. The van der Waals surface area contributed by atoms with Gasteiger partial charge in [-0.25, -0.2) is 0 Å². The number of carbonyl (C=O) groups excluding carboxylic acids is 1. The number of allylic oxidation sites excluding steroid dienone is 1. The van der Waals surface area contributed by atoms with Crippen molar-refractivity contribution in [2.75, 3.05) is 14.2 Å². The van der Waals surface area contributed by atoms with Crippen LogP contribution in [0.2, 0.25) is 10.0 Å². The number of hydrogen-bond acceptors (Lipinski definition) is 4. The Balaban J connectivity index is 2.06. The lowest BCUT2D eigenvalue weighted by molar-refractivity contribution is 0.0866. The second-order valence-corrected chi connectivity index (χ2v) is 5.90. The summed E-state index contributed by atoms with van der Waals surface area (Å²) in [6.45, 7) is 0.190. The Morgan fingerprint density at radius 1 is 1.08 bits per heavy atom. The summed E-state index contributed by atoms with van der Waals surface area (Å²) >= 11 is 12.3. The van der Waals surface area contributed by atoms with Crippen LogP contribution in [-0.4, -0.2) is 20.0 Å². The minimum Gasteiger partial charge on any atom is -0.493 e. The van der Waals surface area contributed by atoms with Crippen LogP contribution in [-0.2, 0) is 11.3 Å². The summed E-state index contributed by atoms with van der Waals surface area (Å²) in [5, 5.41) is 0.897. The van der Waals surface area contributed by atoms with Gasteiger partial charge < -0.3 is 14.2 Å². The first-order valence-electron chi connectivity index (χ1n) is 7.14. The SMILES string of the molecule is COc1ccc2c(c1OC)CO/C(=C\c1c(Cl)cccc1Cl)C2=O. The fraction of sp³-hybridized carbons (Fsp3) is 0.167. The van der Waals surface area contributed by atoms with Gasteiger partial charge in [0.2, 0.25) is 5.78 Å². The highest BCUT2D eigenvalue weighted by atomic mass is 35.5. The van der Waals surface area contributed by atoms with E-state index in [4.69, 9.17) is 37.4 Å². The van der Waals surface area contributed by atoms with Gasteiger partial charge >= 0.3 is 0 Å². The number of carbonyl (C=O) groups is 1. The molecule has 0 unspecified atom stereocenters. The van der Waals surface area contributed by atoms with E-state index in [1.165, 1.54) is 7.11 Å². The Morgan fingerprint density at radius 3 is 2.42 bits per heavy atom. The van der Waals surface area contributed by atoms with Gasteiger partial charge in [-0.2, -0.15) is 0 Å². The number of benzene rings is 2. The standard InChI is InChI=1S/C18H14Cl2O4/c1-22-15-7-6-10-12(18(15)23-2)9-24-16(17(10)21)8-11-13(19)4-3-5-14(11)20/h3-8H,9H2,1-2H3/b16-8-. The molecule has 0 atom stereocenters. The van der Waals surface area contributed by atoms with E-state index in [9.17, 15) is 4.79 Å². The highest BCUT2D eigenvalue weighted by molar-refractivity contribution is 6.37. The van der Waals surface area contributed by atoms with E-state index in [1.54, 1.807) is 43.5 Å². The summed E-state index contributed by atoms with van der Waals surface area (Å²) in [6.07, 6.45) is 1.56. The van der Waals surface area contributed by atoms with Gasteiger partial charge in [0.1, 0.15) is 6.61 Å². The second-order valence-electron chi connectivity index (χ2n) is 5.09. The maximum atomic E-state index is 12.7. The predicted octanol–water partition coefficient (Wildman–Crippen LogP) is 4.76. The number of hydrogen-bond donors (Lipinski definition) is 0. The zero-order chi connectivity index (χ0) is 17.3. The maximum absolute atomic E-state index is 12.7. The molecule has 0 aromatic heterocycles. The second kappa shape index (κ2) is 6.75. The number of fused-ring (bicyclic) bond motifs is 1. The highest BCUT2D eigenvalue weighted by Gasteiger charge is 2.28. The third kappa shape index (κ3) is 2.83. The van der Waals surface area contributed by atoms with Crippen molar-refractivity contribution in [1.82, 2.24) is 0 Å². The highest BCUT2D eigenvalue weighted by Crippen LogP contribution is 2.38. The maximum Gasteiger partial charge on any atom is 0.228 e. The van der Waals surface area contributed by atoms with E-state index in [-0.39, 0.29) is 18.1 Å². The van der Waals surface area contributed by atoms with Gasteiger partial charge in [-0.3, -0.25) is 4.79 Å². The number of ether oxygens (including phenoxy) is 3. The van der Waals surface area contributed by atoms with E-state index < -0.39 is 0 Å². The minimum absolute atomic E-state index is 0.185. The van der Waals surface area contributed by atoms with Gasteiger partial charge in [-0.05, 0) is 30.3 Å². The van der Waals surface area contributed by atoms with Crippen molar-refractivity contribution in [2.24, 2.45) is 0 Å². The average Bonchev–Trinajstić information content (AvgIpc) is 2.59. The minimum atomic E-state index is -0.256. The number of methoxy groups -OCH3 is 2. The quantitative estimate of drug-likeness (QED) is 0.736. The molecule has 4 nitrogen and oxygen atoms in total. The summed E-state index contributed by atoms with van der Waals surface area (Å²) in [5.41, 5.74) is 1.71. The van der Waals surface area contributed by atoms with Crippen LogP contribution < -0.4 is 9.47 Å². The van der Waals surface area contributed by atoms with Crippen LogP contribution in [0, 0.1) is 0 Å². The molecule has 0 radical (unpaired) electrons. The number of Topliss-reactive ketones (excluding diaryl/α,β-unsaturated/α-hetero) is 1.